The van der Waals surface area contributed by atoms with Crippen molar-refractivity contribution in [3.05, 3.63) is 71.3 Å². The second-order valence-corrected chi connectivity index (χ2v) is 7.04. The van der Waals surface area contributed by atoms with Gasteiger partial charge in [0.1, 0.15) is 0 Å². The first-order valence-electron chi connectivity index (χ1n) is 9.38. The fraction of sp³-hybridized carbons (Fsp3) is 0.364. The Bertz CT molecular complexity index is 782. The maximum Gasteiger partial charge on any atom is 0.335 e. The number of aryl methyl sites for hydroxylation is 1. The number of hydrogen-bond acceptors (Lipinski definition) is 3. The molecule has 5 nitrogen and oxygen atoms in total. The van der Waals surface area contributed by atoms with Crippen LogP contribution in [0.4, 0.5) is 0 Å². The lowest BCUT2D eigenvalue weighted by Crippen LogP contribution is -2.39. The van der Waals surface area contributed by atoms with Crippen molar-refractivity contribution < 1.29 is 19.8 Å². The average molecular weight is 367 g/mol. The van der Waals surface area contributed by atoms with Crippen molar-refractivity contribution in [2.24, 2.45) is 5.92 Å². The first-order valence-corrected chi connectivity index (χ1v) is 9.38. The van der Waals surface area contributed by atoms with Gasteiger partial charge in [0.05, 0.1) is 11.7 Å². The molecule has 27 heavy (non-hydrogen) atoms. The van der Waals surface area contributed by atoms with E-state index in [1.807, 2.05) is 35.2 Å². The predicted molar refractivity (Wildman–Crippen MR) is 102 cm³/mol. The quantitative estimate of drug-likeness (QED) is 0.821. The van der Waals surface area contributed by atoms with Crippen LogP contribution in [0.3, 0.4) is 0 Å². The minimum atomic E-state index is -0.964. The van der Waals surface area contributed by atoms with Gasteiger partial charge >= 0.3 is 5.97 Å². The zero-order valence-electron chi connectivity index (χ0n) is 15.3. The minimum absolute atomic E-state index is 0.0443. The van der Waals surface area contributed by atoms with Gasteiger partial charge < -0.3 is 15.1 Å². The molecular weight excluding hydrogens is 342 g/mol. The lowest BCUT2D eigenvalue weighted by atomic mass is 9.87. The number of carbonyl (C=O) groups excluding carboxylic acids is 1. The largest absolute Gasteiger partial charge is 0.478 e. The Morgan fingerprint density at radius 1 is 1.00 bits per heavy atom. The molecule has 0 aliphatic carbocycles. The van der Waals surface area contributed by atoms with Gasteiger partial charge in [-0.2, -0.15) is 0 Å². The van der Waals surface area contributed by atoms with E-state index < -0.39 is 12.1 Å². The van der Waals surface area contributed by atoms with Crippen molar-refractivity contribution in [1.82, 2.24) is 4.90 Å². The molecule has 0 saturated carbocycles. The van der Waals surface area contributed by atoms with Crippen LogP contribution in [0.25, 0.3) is 0 Å². The Morgan fingerprint density at radius 3 is 2.30 bits per heavy atom. The summed E-state index contributed by atoms with van der Waals surface area (Å²) in [5.74, 6) is -0.763. The number of amides is 1. The smallest absolute Gasteiger partial charge is 0.335 e. The third kappa shape index (κ3) is 4.74. The number of carboxylic acids is 1. The van der Waals surface area contributed by atoms with E-state index in [2.05, 4.69) is 0 Å². The second-order valence-electron chi connectivity index (χ2n) is 7.04. The molecule has 5 heteroatoms. The Kier molecular flexibility index (Phi) is 6.24. The molecule has 1 heterocycles. The Hall–Kier alpha value is -2.66. The Balaban J connectivity index is 1.51. The molecule has 1 fully saturated rings. The lowest BCUT2D eigenvalue weighted by molar-refractivity contribution is -0.133. The summed E-state index contributed by atoms with van der Waals surface area (Å²) in [5.41, 5.74) is 1.87. The summed E-state index contributed by atoms with van der Waals surface area (Å²) < 4.78 is 0. The van der Waals surface area contributed by atoms with Gasteiger partial charge in [0, 0.05) is 19.5 Å². The molecule has 0 radical (unpaired) electrons. The normalized spacial score (nSPS) is 16.1. The van der Waals surface area contributed by atoms with E-state index in [-0.39, 0.29) is 17.4 Å². The molecule has 0 bridgehead atoms. The number of nitrogens with zero attached hydrogens (tertiary/aromatic N) is 1. The fourth-order valence-electron chi connectivity index (χ4n) is 3.73. The van der Waals surface area contributed by atoms with Gasteiger partial charge in [0.25, 0.3) is 0 Å². The summed E-state index contributed by atoms with van der Waals surface area (Å²) in [5, 5.41) is 19.8. The third-order valence-electron chi connectivity index (χ3n) is 5.34. The number of benzene rings is 2. The number of aromatic carboxylic acids is 1. The van der Waals surface area contributed by atoms with E-state index in [1.54, 1.807) is 24.3 Å². The zero-order chi connectivity index (χ0) is 19.2. The van der Waals surface area contributed by atoms with Gasteiger partial charge in [-0.15, -0.1) is 0 Å². The number of hydrogen-bond donors (Lipinski definition) is 2. The highest BCUT2D eigenvalue weighted by Crippen LogP contribution is 2.30. The van der Waals surface area contributed by atoms with Crippen molar-refractivity contribution in [3.63, 3.8) is 0 Å². The van der Waals surface area contributed by atoms with Crippen LogP contribution in [0.1, 0.15) is 46.9 Å². The van der Waals surface area contributed by atoms with E-state index in [0.717, 1.165) is 18.4 Å². The molecule has 1 amide bonds. The number of carbonyl (C=O) groups is 2. The summed E-state index contributed by atoms with van der Waals surface area (Å²) >= 11 is 0. The van der Waals surface area contributed by atoms with Gasteiger partial charge in [0.2, 0.25) is 5.91 Å². The van der Waals surface area contributed by atoms with Crippen molar-refractivity contribution in [2.45, 2.75) is 31.8 Å². The molecule has 2 N–H and O–H groups in total. The summed E-state index contributed by atoms with van der Waals surface area (Å²) in [6, 6.07) is 16.5. The van der Waals surface area contributed by atoms with E-state index >= 15 is 0 Å². The number of aliphatic hydroxyl groups is 1. The monoisotopic (exact) mass is 367 g/mol. The van der Waals surface area contributed by atoms with Crippen LogP contribution in [0, 0.1) is 5.92 Å². The van der Waals surface area contributed by atoms with Gasteiger partial charge in [-0.3, -0.25) is 4.79 Å². The SMILES string of the molecule is O=C(O)c1ccccc1CCC(=O)N1CCC(C(O)c2ccccc2)CC1. The molecule has 142 valence electrons. The van der Waals surface area contributed by atoms with Crippen LogP contribution < -0.4 is 0 Å². The molecule has 1 aliphatic rings. The van der Waals surface area contributed by atoms with Crippen LogP contribution in [0.15, 0.2) is 54.6 Å². The molecule has 0 aromatic heterocycles. The fourth-order valence-corrected chi connectivity index (χ4v) is 3.73. The average Bonchev–Trinajstić information content (AvgIpc) is 2.72. The molecule has 0 spiro atoms. The van der Waals surface area contributed by atoms with Gasteiger partial charge in [0.15, 0.2) is 0 Å². The number of piperidine rings is 1. The maximum absolute atomic E-state index is 12.5. The highest BCUT2D eigenvalue weighted by Gasteiger charge is 2.28. The van der Waals surface area contributed by atoms with Crippen molar-refractivity contribution in [1.29, 1.82) is 0 Å². The van der Waals surface area contributed by atoms with Crippen LogP contribution in [0.5, 0.6) is 0 Å². The van der Waals surface area contributed by atoms with E-state index in [1.165, 1.54) is 0 Å². The van der Waals surface area contributed by atoms with E-state index in [0.29, 0.717) is 31.5 Å². The standard InChI is InChI=1S/C22H25NO4/c24-20(11-10-16-6-4-5-9-19(16)22(26)27)23-14-12-18(13-15-23)21(25)17-7-2-1-3-8-17/h1-9,18,21,25H,10-15H2,(H,26,27). The first-order chi connectivity index (χ1) is 13.1. The van der Waals surface area contributed by atoms with Crippen molar-refractivity contribution in [2.75, 3.05) is 13.1 Å². The summed E-state index contributed by atoms with van der Waals surface area (Å²) in [4.78, 5) is 25.6. The number of aliphatic hydroxyl groups excluding tert-OH is 1. The van der Waals surface area contributed by atoms with E-state index in [9.17, 15) is 19.8 Å². The van der Waals surface area contributed by atoms with E-state index in [4.69, 9.17) is 0 Å². The molecule has 3 rings (SSSR count). The molecule has 1 saturated heterocycles. The molecule has 1 aliphatic heterocycles. The van der Waals surface area contributed by atoms with Gasteiger partial charge in [-0.25, -0.2) is 4.79 Å². The lowest BCUT2D eigenvalue weighted by Gasteiger charge is -2.34. The highest BCUT2D eigenvalue weighted by atomic mass is 16.4. The molecule has 1 atom stereocenters. The maximum atomic E-state index is 12.5. The first kappa shape index (κ1) is 19.1. The molecule has 2 aromatic rings. The zero-order valence-corrected chi connectivity index (χ0v) is 15.3. The van der Waals surface area contributed by atoms with Crippen LogP contribution in [-0.4, -0.2) is 40.1 Å². The Labute approximate surface area is 159 Å². The topological polar surface area (TPSA) is 77.8 Å². The predicted octanol–water partition coefficient (Wildman–Crippen LogP) is 3.29. The second kappa shape index (κ2) is 8.82. The van der Waals surface area contributed by atoms with Gasteiger partial charge in [-0.1, -0.05) is 48.5 Å². The van der Waals surface area contributed by atoms with Crippen LogP contribution in [-0.2, 0) is 11.2 Å². The van der Waals surface area contributed by atoms with Crippen LogP contribution >= 0.6 is 0 Å². The molecule has 2 aromatic carbocycles. The van der Waals surface area contributed by atoms with Gasteiger partial charge in [-0.05, 0) is 42.4 Å². The summed E-state index contributed by atoms with van der Waals surface area (Å²) in [6.07, 6.45) is 1.77. The molecule has 1 unspecified atom stereocenters. The summed E-state index contributed by atoms with van der Waals surface area (Å²) in [6.45, 7) is 1.27. The van der Waals surface area contributed by atoms with Crippen LogP contribution in [0.2, 0.25) is 0 Å². The number of carboxylic acid groups (broad SMARTS) is 1. The highest BCUT2D eigenvalue weighted by molar-refractivity contribution is 5.89. The van der Waals surface area contributed by atoms with Crippen molar-refractivity contribution >= 4 is 11.9 Å². The number of likely N-dealkylation sites (tertiary alicyclic amines) is 1. The third-order valence-corrected chi connectivity index (χ3v) is 5.34. The Morgan fingerprint density at radius 2 is 1.63 bits per heavy atom. The molecular formula is C22H25NO4. The minimum Gasteiger partial charge on any atom is -0.478 e. The van der Waals surface area contributed by atoms with Crippen molar-refractivity contribution in [3.8, 4) is 0 Å². The number of rotatable bonds is 6. The summed E-state index contributed by atoms with van der Waals surface area (Å²) in [7, 11) is 0.